The largest absolute Gasteiger partial charge is 0.454 e. The van der Waals surface area contributed by atoms with Gasteiger partial charge in [-0.25, -0.2) is 4.98 Å². The molecule has 0 bridgehead atoms. The number of aliphatic hydroxyl groups is 1. The summed E-state index contributed by atoms with van der Waals surface area (Å²) in [5, 5.41) is 9.84. The van der Waals surface area contributed by atoms with Gasteiger partial charge in [-0.2, -0.15) is 0 Å². The summed E-state index contributed by atoms with van der Waals surface area (Å²) >= 11 is 0. The van der Waals surface area contributed by atoms with E-state index >= 15 is 0 Å². The zero-order valence-corrected chi connectivity index (χ0v) is 10.9. The maximum atomic E-state index is 9.84. The molecule has 1 N–H and O–H groups in total. The number of nitrogens with zero attached hydrogens (tertiary/aromatic N) is 2. The van der Waals surface area contributed by atoms with E-state index in [0.717, 1.165) is 17.1 Å². The van der Waals surface area contributed by atoms with Crippen molar-refractivity contribution in [2.45, 2.75) is 19.3 Å². The first-order valence-corrected chi connectivity index (χ1v) is 6.41. The van der Waals surface area contributed by atoms with E-state index in [1.165, 1.54) is 0 Å². The molecule has 0 aliphatic carbocycles. The highest BCUT2D eigenvalue weighted by atomic mass is 16.7. The minimum Gasteiger partial charge on any atom is -0.454 e. The molecule has 0 saturated carbocycles. The van der Waals surface area contributed by atoms with Crippen molar-refractivity contribution in [2.75, 3.05) is 13.4 Å². The van der Waals surface area contributed by atoms with Crippen molar-refractivity contribution >= 4 is 0 Å². The number of benzene rings is 1. The first-order chi connectivity index (χ1) is 9.81. The zero-order chi connectivity index (χ0) is 13.8. The highest BCUT2D eigenvalue weighted by molar-refractivity contribution is 5.44. The fourth-order valence-electron chi connectivity index (χ4n) is 2.03. The molecule has 0 radical (unpaired) electrons. The maximum Gasteiger partial charge on any atom is 0.231 e. The van der Waals surface area contributed by atoms with Crippen molar-refractivity contribution in [1.29, 1.82) is 0 Å². The number of rotatable bonds is 6. The van der Waals surface area contributed by atoms with Gasteiger partial charge < -0.3 is 23.9 Å². The Morgan fingerprint density at radius 3 is 3.10 bits per heavy atom. The van der Waals surface area contributed by atoms with E-state index in [1.54, 1.807) is 18.7 Å². The molecule has 1 aromatic carbocycles. The number of imidazole rings is 1. The third kappa shape index (κ3) is 3.09. The van der Waals surface area contributed by atoms with Crippen LogP contribution in [0.4, 0.5) is 0 Å². The second kappa shape index (κ2) is 5.94. The van der Waals surface area contributed by atoms with Crippen molar-refractivity contribution < 1.29 is 19.3 Å². The Bertz CT molecular complexity index is 556. The van der Waals surface area contributed by atoms with Crippen LogP contribution in [0, 0.1) is 0 Å². The first kappa shape index (κ1) is 13.0. The van der Waals surface area contributed by atoms with Crippen LogP contribution in [0.25, 0.3) is 0 Å². The van der Waals surface area contributed by atoms with Gasteiger partial charge in [0.15, 0.2) is 11.5 Å². The molecule has 0 fully saturated rings. The summed E-state index contributed by atoms with van der Waals surface area (Å²) in [6.07, 6.45) is 4.60. The van der Waals surface area contributed by atoms with Crippen molar-refractivity contribution in [3.63, 3.8) is 0 Å². The Balaban J connectivity index is 1.45. The van der Waals surface area contributed by atoms with Gasteiger partial charge in [0.25, 0.3) is 0 Å². The van der Waals surface area contributed by atoms with E-state index in [-0.39, 0.29) is 13.4 Å². The molecule has 6 heteroatoms. The van der Waals surface area contributed by atoms with Gasteiger partial charge in [0.1, 0.15) is 0 Å². The number of hydrogen-bond acceptors (Lipinski definition) is 5. The quantitative estimate of drug-likeness (QED) is 0.858. The van der Waals surface area contributed by atoms with E-state index in [9.17, 15) is 5.11 Å². The lowest BCUT2D eigenvalue weighted by atomic mass is 10.2. The van der Waals surface area contributed by atoms with Crippen LogP contribution in [-0.2, 0) is 17.9 Å². The number of fused-ring (bicyclic) bond motifs is 1. The van der Waals surface area contributed by atoms with Crippen LogP contribution in [0.3, 0.4) is 0 Å². The molecule has 0 amide bonds. The van der Waals surface area contributed by atoms with E-state index in [0.29, 0.717) is 13.2 Å². The Morgan fingerprint density at radius 2 is 2.25 bits per heavy atom. The number of ether oxygens (including phenoxy) is 3. The summed E-state index contributed by atoms with van der Waals surface area (Å²) in [4.78, 5) is 3.92. The van der Waals surface area contributed by atoms with Crippen molar-refractivity contribution in [3.05, 3.63) is 42.5 Å². The van der Waals surface area contributed by atoms with Gasteiger partial charge in [-0.05, 0) is 17.7 Å². The monoisotopic (exact) mass is 276 g/mol. The first-order valence-electron chi connectivity index (χ1n) is 6.41. The molecule has 1 aromatic heterocycles. The molecule has 3 rings (SSSR count). The standard InChI is InChI=1S/C14H16N2O4/c17-12(6-16-4-3-15-9-16)8-18-7-11-1-2-13-14(5-11)20-10-19-13/h1-5,9,12,17H,6-8,10H2/t12-/m0/s1. The predicted molar refractivity (Wildman–Crippen MR) is 70.5 cm³/mol. The molecule has 1 aliphatic rings. The molecule has 1 aliphatic heterocycles. The fraction of sp³-hybridized carbons (Fsp3) is 0.357. The predicted octanol–water partition coefficient (Wildman–Crippen LogP) is 1.19. The minimum absolute atomic E-state index is 0.267. The Labute approximate surface area is 116 Å². The van der Waals surface area contributed by atoms with Crippen LogP contribution in [0.1, 0.15) is 5.56 Å². The molecule has 0 saturated heterocycles. The third-order valence-electron chi connectivity index (χ3n) is 3.00. The second-order valence-corrected chi connectivity index (χ2v) is 4.62. The molecular formula is C14H16N2O4. The van der Waals surface area contributed by atoms with E-state index in [1.807, 2.05) is 22.8 Å². The normalized spacial score (nSPS) is 14.4. The third-order valence-corrected chi connectivity index (χ3v) is 3.00. The van der Waals surface area contributed by atoms with Gasteiger partial charge in [-0.1, -0.05) is 6.07 Å². The van der Waals surface area contributed by atoms with Gasteiger partial charge in [-0.15, -0.1) is 0 Å². The molecule has 1 atom stereocenters. The van der Waals surface area contributed by atoms with Gasteiger partial charge in [0.2, 0.25) is 6.79 Å². The Kier molecular flexibility index (Phi) is 3.85. The van der Waals surface area contributed by atoms with Crippen molar-refractivity contribution in [1.82, 2.24) is 9.55 Å². The van der Waals surface area contributed by atoms with Gasteiger partial charge in [0, 0.05) is 12.4 Å². The van der Waals surface area contributed by atoms with E-state index in [2.05, 4.69) is 4.98 Å². The van der Waals surface area contributed by atoms with E-state index in [4.69, 9.17) is 14.2 Å². The molecule has 106 valence electrons. The lowest BCUT2D eigenvalue weighted by Crippen LogP contribution is -2.21. The van der Waals surface area contributed by atoms with Gasteiger partial charge in [-0.3, -0.25) is 0 Å². The number of aromatic nitrogens is 2. The zero-order valence-electron chi connectivity index (χ0n) is 10.9. The second-order valence-electron chi connectivity index (χ2n) is 4.62. The van der Waals surface area contributed by atoms with E-state index < -0.39 is 6.10 Å². The van der Waals surface area contributed by atoms with Crippen LogP contribution in [0.15, 0.2) is 36.9 Å². The van der Waals surface area contributed by atoms with Crippen LogP contribution in [0.5, 0.6) is 11.5 Å². The van der Waals surface area contributed by atoms with Crippen LogP contribution in [-0.4, -0.2) is 34.2 Å². The number of hydrogen-bond donors (Lipinski definition) is 1. The lowest BCUT2D eigenvalue weighted by molar-refractivity contribution is 0.0203. The summed E-state index contributed by atoms with van der Waals surface area (Å²) in [7, 11) is 0. The molecule has 0 unspecified atom stereocenters. The highest BCUT2D eigenvalue weighted by Gasteiger charge is 2.13. The lowest BCUT2D eigenvalue weighted by Gasteiger charge is -2.12. The summed E-state index contributed by atoms with van der Waals surface area (Å²) < 4.78 is 17.9. The fourth-order valence-corrected chi connectivity index (χ4v) is 2.03. The average molecular weight is 276 g/mol. The topological polar surface area (TPSA) is 65.7 Å². The van der Waals surface area contributed by atoms with Crippen molar-refractivity contribution in [3.8, 4) is 11.5 Å². The summed E-state index contributed by atoms with van der Waals surface area (Å²) in [5.41, 5.74) is 0.990. The van der Waals surface area contributed by atoms with Crippen LogP contribution in [0.2, 0.25) is 0 Å². The number of aliphatic hydroxyl groups excluding tert-OH is 1. The van der Waals surface area contributed by atoms with Crippen LogP contribution >= 0.6 is 0 Å². The van der Waals surface area contributed by atoms with Crippen molar-refractivity contribution in [2.24, 2.45) is 0 Å². The minimum atomic E-state index is -0.557. The molecular weight excluding hydrogens is 260 g/mol. The SMILES string of the molecule is O[C@H](COCc1ccc2c(c1)OCO2)Cn1ccnc1. The smallest absolute Gasteiger partial charge is 0.231 e. The Hall–Kier alpha value is -2.05. The molecule has 2 heterocycles. The van der Waals surface area contributed by atoms with Crippen LogP contribution < -0.4 is 9.47 Å². The van der Waals surface area contributed by atoms with Gasteiger partial charge >= 0.3 is 0 Å². The molecule has 0 spiro atoms. The van der Waals surface area contributed by atoms with Gasteiger partial charge in [0.05, 0.1) is 32.2 Å². The molecule has 20 heavy (non-hydrogen) atoms. The Morgan fingerprint density at radius 1 is 1.35 bits per heavy atom. The molecule has 6 nitrogen and oxygen atoms in total. The highest BCUT2D eigenvalue weighted by Crippen LogP contribution is 2.32. The molecule has 2 aromatic rings. The average Bonchev–Trinajstić information content (AvgIpc) is 3.09. The summed E-state index contributed by atoms with van der Waals surface area (Å²) in [6, 6.07) is 5.68. The maximum absolute atomic E-state index is 9.84. The summed E-state index contributed by atoms with van der Waals surface area (Å²) in [5.74, 6) is 1.50. The summed E-state index contributed by atoms with van der Waals surface area (Å²) in [6.45, 7) is 1.44.